The maximum atomic E-state index is 12.4. The highest BCUT2D eigenvalue weighted by molar-refractivity contribution is 5.76. The molecule has 0 aliphatic carbocycles. The Balaban J connectivity index is 3.55. The molecule has 3 N–H and O–H groups in total. The molecule has 1 amide bonds. The molecule has 0 aliphatic heterocycles. The van der Waals surface area contributed by atoms with Crippen molar-refractivity contribution in [1.29, 1.82) is 0 Å². The van der Waals surface area contributed by atoms with Crippen molar-refractivity contribution in [1.82, 2.24) is 5.32 Å². The lowest BCUT2D eigenvalue weighted by molar-refractivity contribution is -0.143. The summed E-state index contributed by atoms with van der Waals surface area (Å²) in [6.07, 6.45) is 52.7. The molecular formula is C49H91NO5. The van der Waals surface area contributed by atoms with Gasteiger partial charge in [0.1, 0.15) is 0 Å². The first kappa shape index (κ1) is 53.1. The van der Waals surface area contributed by atoms with Gasteiger partial charge in [0.05, 0.1) is 25.4 Å². The number of amides is 1. The van der Waals surface area contributed by atoms with Gasteiger partial charge in [0, 0.05) is 12.8 Å². The molecule has 0 saturated heterocycles. The van der Waals surface area contributed by atoms with Crippen LogP contribution in [0, 0.1) is 0 Å². The number of aliphatic hydroxyl groups is 2. The fraction of sp³-hybridized carbons (Fsp3) is 0.837. The second-order valence-electron chi connectivity index (χ2n) is 16.1. The third-order valence-electron chi connectivity index (χ3n) is 10.7. The van der Waals surface area contributed by atoms with Gasteiger partial charge in [-0.3, -0.25) is 9.59 Å². The summed E-state index contributed by atoms with van der Waals surface area (Å²) in [6, 6.07) is -0.648. The standard InChI is InChI=1S/C49H91NO5/c1-3-5-7-9-11-13-15-17-18-19-21-23-27-31-35-39-43-49(54)55-44-40-36-32-28-24-26-30-34-38-42-48(53)50-46(45-51)47(52)41-37-33-29-25-22-20-16-14-12-10-8-6-4-2/h13,15,18-19,37,41,46-47,51-52H,3-12,14,16-17,20-36,38-40,42-45H2,1-2H3,(H,50,53)/b15-13-,19-18-,41-37+. The van der Waals surface area contributed by atoms with Crippen LogP contribution < -0.4 is 5.32 Å². The van der Waals surface area contributed by atoms with E-state index < -0.39 is 12.1 Å². The maximum absolute atomic E-state index is 12.4. The predicted octanol–water partition coefficient (Wildman–Crippen LogP) is 13.7. The Morgan fingerprint density at radius 2 is 0.909 bits per heavy atom. The number of hydrogen-bond donors (Lipinski definition) is 3. The molecule has 0 fully saturated rings. The third-order valence-corrected chi connectivity index (χ3v) is 10.7. The van der Waals surface area contributed by atoms with Crippen LogP contribution in [0.2, 0.25) is 0 Å². The number of unbranched alkanes of at least 4 members (excludes halogenated alkanes) is 28. The Labute approximate surface area is 341 Å². The quantitative estimate of drug-likeness (QED) is 0.0326. The van der Waals surface area contributed by atoms with E-state index in [4.69, 9.17) is 4.74 Å². The minimum absolute atomic E-state index is 0.0417. The summed E-state index contributed by atoms with van der Waals surface area (Å²) < 4.78 is 5.44. The fourth-order valence-corrected chi connectivity index (χ4v) is 6.95. The van der Waals surface area contributed by atoms with Crippen molar-refractivity contribution in [2.24, 2.45) is 0 Å². The number of nitrogens with one attached hydrogen (secondary N) is 1. The van der Waals surface area contributed by atoms with Gasteiger partial charge >= 0.3 is 5.97 Å². The van der Waals surface area contributed by atoms with E-state index in [-0.39, 0.29) is 18.5 Å². The van der Waals surface area contributed by atoms with Crippen LogP contribution in [0.15, 0.2) is 36.5 Å². The molecule has 0 aliphatic rings. The zero-order valence-corrected chi connectivity index (χ0v) is 36.4. The van der Waals surface area contributed by atoms with Crippen LogP contribution in [0.4, 0.5) is 0 Å². The first-order chi connectivity index (χ1) is 27.0. The largest absolute Gasteiger partial charge is 0.466 e. The zero-order valence-electron chi connectivity index (χ0n) is 36.4. The van der Waals surface area contributed by atoms with Crippen LogP contribution >= 0.6 is 0 Å². The molecule has 0 radical (unpaired) electrons. The van der Waals surface area contributed by atoms with Gasteiger partial charge < -0.3 is 20.3 Å². The van der Waals surface area contributed by atoms with Crippen molar-refractivity contribution >= 4 is 11.9 Å². The number of hydrogen-bond acceptors (Lipinski definition) is 5. The molecule has 6 heteroatoms. The minimum atomic E-state index is -0.862. The van der Waals surface area contributed by atoms with Crippen molar-refractivity contribution in [3.63, 3.8) is 0 Å². The molecule has 0 aromatic rings. The summed E-state index contributed by atoms with van der Waals surface area (Å²) in [7, 11) is 0. The Hall–Kier alpha value is -1.92. The molecule has 0 saturated carbocycles. The summed E-state index contributed by atoms with van der Waals surface area (Å²) in [5.74, 6) is -0.140. The van der Waals surface area contributed by atoms with E-state index in [9.17, 15) is 19.8 Å². The molecule has 55 heavy (non-hydrogen) atoms. The Morgan fingerprint density at radius 3 is 1.40 bits per heavy atom. The van der Waals surface area contributed by atoms with Gasteiger partial charge in [0.2, 0.25) is 5.91 Å². The van der Waals surface area contributed by atoms with Gasteiger partial charge in [-0.1, -0.05) is 198 Å². The average molecular weight is 774 g/mol. The second kappa shape index (κ2) is 44.8. The molecule has 0 aromatic heterocycles. The normalized spacial score (nSPS) is 13.0. The highest BCUT2D eigenvalue weighted by Gasteiger charge is 2.18. The summed E-state index contributed by atoms with van der Waals surface area (Å²) >= 11 is 0. The molecule has 0 spiro atoms. The van der Waals surface area contributed by atoms with Crippen LogP contribution in [0.1, 0.15) is 239 Å². The van der Waals surface area contributed by atoms with Crippen LogP contribution in [0.3, 0.4) is 0 Å². The van der Waals surface area contributed by atoms with Gasteiger partial charge in [-0.05, 0) is 64.2 Å². The Kier molecular flexibility index (Phi) is 43.2. The average Bonchev–Trinajstić information content (AvgIpc) is 3.18. The lowest BCUT2D eigenvalue weighted by Gasteiger charge is -2.20. The molecule has 0 bridgehead atoms. The number of aliphatic hydroxyl groups excluding tert-OH is 2. The number of carbonyl (C=O) groups is 2. The molecule has 2 atom stereocenters. The maximum Gasteiger partial charge on any atom is 0.305 e. The van der Waals surface area contributed by atoms with E-state index >= 15 is 0 Å². The lowest BCUT2D eigenvalue weighted by Crippen LogP contribution is -2.45. The highest BCUT2D eigenvalue weighted by atomic mass is 16.5. The van der Waals surface area contributed by atoms with Crippen molar-refractivity contribution in [2.45, 2.75) is 251 Å². The minimum Gasteiger partial charge on any atom is -0.466 e. The molecular weight excluding hydrogens is 683 g/mol. The highest BCUT2D eigenvalue weighted by Crippen LogP contribution is 2.14. The van der Waals surface area contributed by atoms with E-state index in [1.165, 1.54) is 141 Å². The molecule has 2 unspecified atom stereocenters. The van der Waals surface area contributed by atoms with Crippen LogP contribution in [-0.2, 0) is 14.3 Å². The summed E-state index contributed by atoms with van der Waals surface area (Å²) in [5, 5.41) is 23.0. The summed E-state index contributed by atoms with van der Waals surface area (Å²) in [6.45, 7) is 4.79. The third kappa shape index (κ3) is 41.5. The van der Waals surface area contributed by atoms with E-state index in [0.29, 0.717) is 19.4 Å². The van der Waals surface area contributed by atoms with Crippen LogP contribution in [0.5, 0.6) is 0 Å². The molecule has 0 heterocycles. The summed E-state index contributed by atoms with van der Waals surface area (Å²) in [5.41, 5.74) is 0. The van der Waals surface area contributed by atoms with Gasteiger partial charge in [0.15, 0.2) is 0 Å². The van der Waals surface area contributed by atoms with Gasteiger partial charge in [-0.2, -0.15) is 0 Å². The SMILES string of the molecule is CCCCCC/C=C\C/C=C\CCCCCCCC(=O)OCCCCCCCCCCCC(=O)NC(CO)C(O)/C=C/CCCCCCCCCCCCC. The van der Waals surface area contributed by atoms with Crippen LogP contribution in [0.25, 0.3) is 0 Å². The zero-order chi connectivity index (χ0) is 40.1. The predicted molar refractivity (Wildman–Crippen MR) is 236 cm³/mol. The summed E-state index contributed by atoms with van der Waals surface area (Å²) in [4.78, 5) is 24.4. The van der Waals surface area contributed by atoms with Gasteiger partial charge in [0.25, 0.3) is 0 Å². The Bertz CT molecular complexity index is 900. The number of ether oxygens (including phenoxy) is 1. The van der Waals surface area contributed by atoms with Crippen molar-refractivity contribution in [3.05, 3.63) is 36.5 Å². The van der Waals surface area contributed by atoms with E-state index in [0.717, 1.165) is 70.6 Å². The van der Waals surface area contributed by atoms with E-state index in [1.54, 1.807) is 6.08 Å². The van der Waals surface area contributed by atoms with Gasteiger partial charge in [-0.25, -0.2) is 0 Å². The first-order valence-corrected chi connectivity index (χ1v) is 23.8. The number of rotatable bonds is 43. The second-order valence-corrected chi connectivity index (χ2v) is 16.1. The topological polar surface area (TPSA) is 95.9 Å². The Morgan fingerprint density at radius 1 is 0.509 bits per heavy atom. The first-order valence-electron chi connectivity index (χ1n) is 23.8. The lowest BCUT2D eigenvalue weighted by atomic mass is 10.0. The number of esters is 1. The van der Waals surface area contributed by atoms with Crippen LogP contribution in [-0.4, -0.2) is 47.4 Å². The molecule has 6 nitrogen and oxygen atoms in total. The molecule has 322 valence electrons. The molecule has 0 rings (SSSR count). The monoisotopic (exact) mass is 774 g/mol. The molecule has 0 aromatic carbocycles. The van der Waals surface area contributed by atoms with E-state index in [2.05, 4.69) is 43.5 Å². The van der Waals surface area contributed by atoms with Crippen molar-refractivity contribution < 1.29 is 24.5 Å². The van der Waals surface area contributed by atoms with Crippen molar-refractivity contribution in [3.8, 4) is 0 Å². The number of allylic oxidation sites excluding steroid dienone is 5. The van der Waals surface area contributed by atoms with Crippen molar-refractivity contribution in [2.75, 3.05) is 13.2 Å². The smallest absolute Gasteiger partial charge is 0.305 e. The van der Waals surface area contributed by atoms with E-state index in [1.807, 2.05) is 6.08 Å². The fourth-order valence-electron chi connectivity index (χ4n) is 6.95. The van der Waals surface area contributed by atoms with Gasteiger partial charge in [-0.15, -0.1) is 0 Å². The number of carbonyl (C=O) groups excluding carboxylic acids is 2.